The lowest BCUT2D eigenvalue weighted by atomic mass is 9.94. The zero-order valence-corrected chi connectivity index (χ0v) is 9.76. The molecule has 1 unspecified atom stereocenters. The van der Waals surface area contributed by atoms with Gasteiger partial charge in [0.15, 0.2) is 0 Å². The molecule has 1 aliphatic rings. The highest BCUT2D eigenvalue weighted by Gasteiger charge is 2.12. The fourth-order valence-corrected chi connectivity index (χ4v) is 2.11. The van der Waals surface area contributed by atoms with Crippen LogP contribution in [0.2, 0.25) is 0 Å². The average Bonchev–Trinajstić information content (AvgIpc) is 2.26. The third-order valence-electron chi connectivity index (χ3n) is 2.95. The third kappa shape index (κ3) is 5.78. The molecular formula is C12H23NO2. The topological polar surface area (TPSA) is 38.3 Å². The summed E-state index contributed by atoms with van der Waals surface area (Å²) in [5.41, 5.74) is 0. The molecule has 0 aromatic carbocycles. The molecule has 0 amide bonds. The lowest BCUT2D eigenvalue weighted by molar-refractivity contribution is -0.143. The van der Waals surface area contributed by atoms with Crippen molar-refractivity contribution in [1.29, 1.82) is 0 Å². The summed E-state index contributed by atoms with van der Waals surface area (Å²) >= 11 is 0. The predicted octanol–water partition coefficient (Wildman–Crippen LogP) is 2.11. The van der Waals surface area contributed by atoms with Gasteiger partial charge in [-0.3, -0.25) is 4.79 Å². The molecule has 0 saturated carbocycles. The first-order valence-electron chi connectivity index (χ1n) is 6.19. The van der Waals surface area contributed by atoms with Crippen molar-refractivity contribution < 1.29 is 9.53 Å². The first-order chi connectivity index (χ1) is 7.33. The molecule has 0 radical (unpaired) electrons. The lowest BCUT2D eigenvalue weighted by Crippen LogP contribution is -2.29. The zero-order valence-electron chi connectivity index (χ0n) is 9.76. The molecule has 1 fully saturated rings. The second kappa shape index (κ2) is 7.69. The number of hydrogen-bond donors (Lipinski definition) is 1. The second-order valence-corrected chi connectivity index (χ2v) is 4.26. The first kappa shape index (κ1) is 12.5. The minimum absolute atomic E-state index is 0.0423. The van der Waals surface area contributed by atoms with E-state index in [4.69, 9.17) is 4.74 Å². The lowest BCUT2D eigenvalue weighted by Gasteiger charge is -2.22. The number of carbonyl (C=O) groups is 1. The quantitative estimate of drug-likeness (QED) is 0.542. The summed E-state index contributed by atoms with van der Waals surface area (Å²) in [7, 11) is 0. The van der Waals surface area contributed by atoms with E-state index in [1.165, 1.54) is 32.4 Å². The summed E-state index contributed by atoms with van der Waals surface area (Å²) in [5.74, 6) is 0.792. The normalized spacial score (nSPS) is 21.3. The maximum Gasteiger partial charge on any atom is 0.305 e. The number of ether oxygens (including phenoxy) is 1. The van der Waals surface area contributed by atoms with Gasteiger partial charge in [-0.1, -0.05) is 6.42 Å². The van der Waals surface area contributed by atoms with E-state index < -0.39 is 0 Å². The predicted molar refractivity (Wildman–Crippen MR) is 60.7 cm³/mol. The number of rotatable bonds is 6. The van der Waals surface area contributed by atoms with Gasteiger partial charge in [-0.15, -0.1) is 0 Å². The molecule has 1 heterocycles. The van der Waals surface area contributed by atoms with Crippen molar-refractivity contribution in [3.05, 3.63) is 0 Å². The van der Waals surface area contributed by atoms with Crippen LogP contribution in [0.3, 0.4) is 0 Å². The van der Waals surface area contributed by atoms with Crippen LogP contribution in [0.25, 0.3) is 0 Å². The maximum atomic E-state index is 11.1. The maximum absolute atomic E-state index is 11.1. The van der Waals surface area contributed by atoms with Crippen molar-refractivity contribution in [2.24, 2.45) is 5.92 Å². The molecule has 1 saturated heterocycles. The summed E-state index contributed by atoms with van der Waals surface area (Å²) in [6.45, 7) is 4.70. The van der Waals surface area contributed by atoms with Gasteiger partial charge in [-0.2, -0.15) is 0 Å². The van der Waals surface area contributed by atoms with Crippen molar-refractivity contribution >= 4 is 5.97 Å². The smallest absolute Gasteiger partial charge is 0.305 e. The van der Waals surface area contributed by atoms with Crippen molar-refractivity contribution in [2.45, 2.75) is 45.4 Å². The number of unbranched alkanes of at least 4 members (excludes halogenated alkanes) is 1. The number of carbonyl (C=O) groups excluding carboxylic acids is 1. The average molecular weight is 213 g/mol. The molecule has 1 atom stereocenters. The summed E-state index contributed by atoms with van der Waals surface area (Å²) in [6, 6.07) is 0. The fraction of sp³-hybridized carbons (Fsp3) is 0.917. The molecular weight excluding hydrogens is 190 g/mol. The van der Waals surface area contributed by atoms with Crippen LogP contribution in [0, 0.1) is 5.92 Å². The Labute approximate surface area is 92.6 Å². The standard InChI is InChI=1S/C12H23NO2/c1-2-15-12(14)8-4-3-6-11-7-5-9-13-10-11/h11,13H,2-10H2,1H3. The molecule has 0 aromatic rings. The highest BCUT2D eigenvalue weighted by Crippen LogP contribution is 2.17. The first-order valence-corrected chi connectivity index (χ1v) is 6.19. The molecule has 1 rings (SSSR count). The molecule has 3 nitrogen and oxygen atoms in total. The van der Waals surface area contributed by atoms with Crippen LogP contribution in [-0.2, 0) is 9.53 Å². The minimum atomic E-state index is -0.0423. The van der Waals surface area contributed by atoms with Gasteiger partial charge >= 0.3 is 5.97 Å². The van der Waals surface area contributed by atoms with E-state index in [9.17, 15) is 4.79 Å². The van der Waals surface area contributed by atoms with Crippen molar-refractivity contribution in [3.8, 4) is 0 Å². The Hall–Kier alpha value is -0.570. The molecule has 1 aliphatic heterocycles. The Morgan fingerprint density at radius 3 is 3.00 bits per heavy atom. The Morgan fingerprint density at radius 2 is 2.33 bits per heavy atom. The van der Waals surface area contributed by atoms with Crippen molar-refractivity contribution in [1.82, 2.24) is 5.32 Å². The van der Waals surface area contributed by atoms with E-state index in [0.29, 0.717) is 13.0 Å². The molecule has 0 aliphatic carbocycles. The minimum Gasteiger partial charge on any atom is -0.466 e. The van der Waals surface area contributed by atoms with Crippen LogP contribution in [0.5, 0.6) is 0 Å². The molecule has 0 bridgehead atoms. The van der Waals surface area contributed by atoms with Gasteiger partial charge in [0, 0.05) is 6.42 Å². The summed E-state index contributed by atoms with van der Waals surface area (Å²) in [4.78, 5) is 11.1. The Kier molecular flexibility index (Phi) is 6.41. The van der Waals surface area contributed by atoms with Gasteiger partial charge in [-0.05, 0) is 51.6 Å². The monoisotopic (exact) mass is 213 g/mol. The van der Waals surface area contributed by atoms with Crippen LogP contribution in [0.15, 0.2) is 0 Å². The van der Waals surface area contributed by atoms with Gasteiger partial charge in [-0.25, -0.2) is 0 Å². The van der Waals surface area contributed by atoms with Gasteiger partial charge in [0.05, 0.1) is 6.61 Å². The van der Waals surface area contributed by atoms with E-state index in [-0.39, 0.29) is 5.97 Å². The highest BCUT2D eigenvalue weighted by molar-refractivity contribution is 5.69. The fourth-order valence-electron chi connectivity index (χ4n) is 2.11. The number of esters is 1. The summed E-state index contributed by atoms with van der Waals surface area (Å²) in [6.07, 6.45) is 6.65. The molecule has 0 spiro atoms. The molecule has 15 heavy (non-hydrogen) atoms. The van der Waals surface area contributed by atoms with Gasteiger partial charge in [0.2, 0.25) is 0 Å². The van der Waals surface area contributed by atoms with Crippen molar-refractivity contribution in [3.63, 3.8) is 0 Å². The Balaban J connectivity index is 1.93. The van der Waals surface area contributed by atoms with Gasteiger partial charge in [0.1, 0.15) is 0 Å². The molecule has 3 heteroatoms. The van der Waals surface area contributed by atoms with E-state index in [0.717, 1.165) is 18.8 Å². The number of hydrogen-bond acceptors (Lipinski definition) is 3. The van der Waals surface area contributed by atoms with Crippen LogP contribution >= 0.6 is 0 Å². The van der Waals surface area contributed by atoms with Crippen LogP contribution in [-0.4, -0.2) is 25.7 Å². The Bertz CT molecular complexity index is 176. The van der Waals surface area contributed by atoms with E-state index >= 15 is 0 Å². The molecule has 1 N–H and O–H groups in total. The zero-order chi connectivity index (χ0) is 10.9. The number of piperidine rings is 1. The highest BCUT2D eigenvalue weighted by atomic mass is 16.5. The molecule has 0 aromatic heterocycles. The van der Waals surface area contributed by atoms with Crippen LogP contribution in [0.4, 0.5) is 0 Å². The third-order valence-corrected chi connectivity index (χ3v) is 2.95. The summed E-state index contributed by atoms with van der Waals surface area (Å²) in [5, 5.41) is 3.41. The van der Waals surface area contributed by atoms with Crippen molar-refractivity contribution in [2.75, 3.05) is 19.7 Å². The second-order valence-electron chi connectivity index (χ2n) is 4.26. The van der Waals surface area contributed by atoms with Crippen LogP contribution in [0.1, 0.15) is 45.4 Å². The Morgan fingerprint density at radius 1 is 1.47 bits per heavy atom. The largest absolute Gasteiger partial charge is 0.466 e. The SMILES string of the molecule is CCOC(=O)CCCCC1CCCNC1. The van der Waals surface area contributed by atoms with Crippen LogP contribution < -0.4 is 5.32 Å². The van der Waals surface area contributed by atoms with E-state index in [2.05, 4.69) is 5.32 Å². The molecule has 88 valence electrons. The van der Waals surface area contributed by atoms with E-state index in [1.807, 2.05) is 6.92 Å². The number of nitrogens with one attached hydrogen (secondary N) is 1. The van der Waals surface area contributed by atoms with E-state index in [1.54, 1.807) is 0 Å². The van der Waals surface area contributed by atoms with Gasteiger partial charge in [0.25, 0.3) is 0 Å². The summed E-state index contributed by atoms with van der Waals surface area (Å²) < 4.78 is 4.88. The van der Waals surface area contributed by atoms with Gasteiger partial charge < -0.3 is 10.1 Å².